The molecule has 0 bridgehead atoms. The number of aryl methyl sites for hydroxylation is 2. The Balaban J connectivity index is 1.41. The second-order valence-electron chi connectivity index (χ2n) is 9.27. The molecule has 0 atom stereocenters. The van der Waals surface area contributed by atoms with Crippen LogP contribution < -0.4 is 5.32 Å². The lowest BCUT2D eigenvalue weighted by Gasteiger charge is -2.25. The lowest BCUT2D eigenvalue weighted by atomic mass is 10.1. The lowest BCUT2D eigenvalue weighted by molar-refractivity contribution is -0.116. The number of sulfonamides is 1. The molecule has 1 aliphatic rings. The van der Waals surface area contributed by atoms with E-state index in [1.165, 1.54) is 0 Å². The van der Waals surface area contributed by atoms with Gasteiger partial charge >= 0.3 is 0 Å². The van der Waals surface area contributed by atoms with Crippen LogP contribution in [0.25, 0.3) is 11.5 Å². The number of aromatic nitrogens is 2. The molecule has 2 aromatic carbocycles. The van der Waals surface area contributed by atoms with Gasteiger partial charge in [-0.15, -0.1) is 0 Å². The maximum atomic E-state index is 12.8. The van der Waals surface area contributed by atoms with E-state index < -0.39 is 10.0 Å². The second kappa shape index (κ2) is 10.7. The van der Waals surface area contributed by atoms with Gasteiger partial charge in [-0.2, -0.15) is 9.29 Å². The zero-order chi connectivity index (χ0) is 25.0. The number of amides is 1. The summed E-state index contributed by atoms with van der Waals surface area (Å²) in [5, 5.41) is 7.02. The van der Waals surface area contributed by atoms with E-state index in [-0.39, 0.29) is 18.2 Å². The molecule has 1 aliphatic heterocycles. The Bertz CT molecular complexity index is 1280. The van der Waals surface area contributed by atoms with Crippen molar-refractivity contribution in [2.45, 2.75) is 63.7 Å². The Kier molecular flexibility index (Phi) is 7.66. The number of anilines is 1. The molecular weight excluding hydrogens is 464 g/mol. The van der Waals surface area contributed by atoms with Crippen molar-refractivity contribution in [2.75, 3.05) is 18.4 Å². The first-order chi connectivity index (χ1) is 16.8. The van der Waals surface area contributed by atoms with Crippen LogP contribution in [0.2, 0.25) is 0 Å². The molecule has 35 heavy (non-hydrogen) atoms. The van der Waals surface area contributed by atoms with Crippen molar-refractivity contribution in [1.82, 2.24) is 14.4 Å². The molecule has 1 aromatic heterocycles. The van der Waals surface area contributed by atoms with E-state index in [4.69, 9.17) is 4.52 Å². The van der Waals surface area contributed by atoms with E-state index in [0.717, 1.165) is 30.4 Å². The molecule has 3 aromatic rings. The van der Waals surface area contributed by atoms with Crippen LogP contribution in [-0.2, 0) is 21.2 Å². The predicted octanol–water partition coefficient (Wildman–Crippen LogP) is 4.91. The summed E-state index contributed by atoms with van der Waals surface area (Å²) < 4.78 is 32.7. The highest BCUT2D eigenvalue weighted by Crippen LogP contribution is 2.31. The minimum Gasteiger partial charge on any atom is -0.334 e. The molecule has 9 heteroatoms. The zero-order valence-corrected chi connectivity index (χ0v) is 21.3. The predicted molar refractivity (Wildman–Crippen MR) is 135 cm³/mol. The summed E-state index contributed by atoms with van der Waals surface area (Å²) in [5.74, 6) is 0.980. The Morgan fingerprint density at radius 1 is 1.09 bits per heavy atom. The molecule has 0 unspecified atom stereocenters. The van der Waals surface area contributed by atoms with Crippen LogP contribution in [0.3, 0.4) is 0 Å². The Labute approximate surface area is 206 Å². The average Bonchev–Trinajstić information content (AvgIpc) is 3.35. The molecule has 0 radical (unpaired) electrons. The van der Waals surface area contributed by atoms with E-state index in [9.17, 15) is 13.2 Å². The third kappa shape index (κ3) is 5.79. The summed E-state index contributed by atoms with van der Waals surface area (Å²) in [6.07, 6.45) is 3.63. The highest BCUT2D eigenvalue weighted by molar-refractivity contribution is 7.89. The van der Waals surface area contributed by atoms with Gasteiger partial charge in [-0.25, -0.2) is 8.42 Å². The highest BCUT2D eigenvalue weighted by Gasteiger charge is 2.25. The molecule has 1 saturated heterocycles. The van der Waals surface area contributed by atoms with Crippen molar-refractivity contribution >= 4 is 21.6 Å². The van der Waals surface area contributed by atoms with Crippen LogP contribution >= 0.6 is 0 Å². The van der Waals surface area contributed by atoms with Gasteiger partial charge in [0.25, 0.3) is 5.89 Å². The third-order valence-corrected chi connectivity index (χ3v) is 8.16. The smallest absolute Gasteiger partial charge is 0.260 e. The van der Waals surface area contributed by atoms with Gasteiger partial charge in [0.2, 0.25) is 15.9 Å². The van der Waals surface area contributed by atoms with Gasteiger partial charge in [-0.1, -0.05) is 49.7 Å². The highest BCUT2D eigenvalue weighted by atomic mass is 32.2. The zero-order valence-electron chi connectivity index (χ0n) is 20.5. The van der Waals surface area contributed by atoms with Crippen molar-refractivity contribution in [1.29, 1.82) is 0 Å². The van der Waals surface area contributed by atoms with Crippen molar-refractivity contribution in [3.05, 3.63) is 59.4 Å². The molecule has 186 valence electrons. The van der Waals surface area contributed by atoms with Crippen molar-refractivity contribution in [3.8, 4) is 11.5 Å². The molecule has 0 saturated carbocycles. The van der Waals surface area contributed by atoms with Crippen LogP contribution in [0.15, 0.2) is 51.9 Å². The van der Waals surface area contributed by atoms with E-state index in [2.05, 4.69) is 15.5 Å². The lowest BCUT2D eigenvalue weighted by Crippen LogP contribution is -2.35. The Morgan fingerprint density at radius 3 is 2.46 bits per heavy atom. The standard InChI is InChI=1S/C26H32N4O4S/c1-18(2)25-28-26(34-29-25)22-9-7-8-19(3)24(22)27-23(31)15-12-20-10-13-21(14-11-20)35(32,33)30-16-5-4-6-17-30/h7-11,13-14,18H,4-6,12,15-17H2,1-3H3,(H,27,31). The van der Waals surface area contributed by atoms with Crippen LogP contribution in [0.5, 0.6) is 0 Å². The van der Waals surface area contributed by atoms with Crippen molar-refractivity contribution in [3.63, 3.8) is 0 Å². The summed E-state index contributed by atoms with van der Waals surface area (Å²) in [6, 6.07) is 12.5. The van der Waals surface area contributed by atoms with Gasteiger partial charge in [0.15, 0.2) is 5.82 Å². The normalized spacial score (nSPS) is 14.9. The number of nitrogens with zero attached hydrogens (tertiary/aromatic N) is 3. The fraction of sp³-hybridized carbons (Fsp3) is 0.423. The molecule has 1 amide bonds. The number of piperidine rings is 1. The minimum atomic E-state index is -3.46. The maximum absolute atomic E-state index is 12.8. The largest absolute Gasteiger partial charge is 0.334 e. The molecule has 8 nitrogen and oxygen atoms in total. The van der Waals surface area contributed by atoms with Crippen LogP contribution in [-0.4, -0.2) is 41.9 Å². The summed E-state index contributed by atoms with van der Waals surface area (Å²) >= 11 is 0. The number of benzene rings is 2. The van der Waals surface area contributed by atoms with Gasteiger partial charge in [0.05, 0.1) is 16.1 Å². The molecular formula is C26H32N4O4S. The first kappa shape index (κ1) is 25.1. The van der Waals surface area contributed by atoms with Crippen LogP contribution in [0.1, 0.15) is 62.4 Å². The first-order valence-corrected chi connectivity index (χ1v) is 13.5. The number of rotatable bonds is 8. The van der Waals surface area contributed by atoms with E-state index in [1.54, 1.807) is 28.6 Å². The maximum Gasteiger partial charge on any atom is 0.260 e. The topological polar surface area (TPSA) is 105 Å². The number of nitrogens with one attached hydrogen (secondary N) is 1. The minimum absolute atomic E-state index is 0.136. The number of carbonyl (C=O) groups excluding carboxylic acids is 1. The van der Waals surface area contributed by atoms with E-state index in [0.29, 0.717) is 47.4 Å². The fourth-order valence-electron chi connectivity index (χ4n) is 4.13. The van der Waals surface area contributed by atoms with Gasteiger partial charge in [-0.3, -0.25) is 4.79 Å². The van der Waals surface area contributed by atoms with Crippen LogP contribution in [0, 0.1) is 6.92 Å². The monoisotopic (exact) mass is 496 g/mol. The second-order valence-corrected chi connectivity index (χ2v) is 11.2. The number of carbonyl (C=O) groups is 1. The van der Waals surface area contributed by atoms with Gasteiger partial charge < -0.3 is 9.84 Å². The quantitative estimate of drug-likeness (QED) is 0.475. The first-order valence-electron chi connectivity index (χ1n) is 12.1. The summed E-state index contributed by atoms with van der Waals surface area (Å²) in [6.45, 7) is 7.05. The SMILES string of the molecule is Cc1cccc(-c2nc(C(C)C)no2)c1NC(=O)CCc1ccc(S(=O)(=O)N2CCCCC2)cc1. The summed E-state index contributed by atoms with van der Waals surface area (Å²) in [5.41, 5.74) is 3.14. The Hall–Kier alpha value is -3.04. The molecule has 0 aliphatic carbocycles. The number of para-hydroxylation sites is 1. The van der Waals surface area contributed by atoms with E-state index >= 15 is 0 Å². The average molecular weight is 497 g/mol. The fourth-order valence-corrected chi connectivity index (χ4v) is 5.65. The molecule has 0 spiro atoms. The van der Waals surface area contributed by atoms with Crippen molar-refractivity contribution < 1.29 is 17.7 Å². The molecule has 1 fully saturated rings. The summed E-state index contributed by atoms with van der Waals surface area (Å²) in [7, 11) is -3.46. The van der Waals surface area contributed by atoms with Gasteiger partial charge in [-0.05, 0) is 55.5 Å². The Morgan fingerprint density at radius 2 is 1.80 bits per heavy atom. The van der Waals surface area contributed by atoms with Gasteiger partial charge in [0, 0.05) is 25.4 Å². The van der Waals surface area contributed by atoms with Gasteiger partial charge in [0.1, 0.15) is 0 Å². The van der Waals surface area contributed by atoms with Crippen molar-refractivity contribution in [2.24, 2.45) is 0 Å². The van der Waals surface area contributed by atoms with E-state index in [1.807, 2.05) is 39.0 Å². The molecule has 1 N–H and O–H groups in total. The summed E-state index contributed by atoms with van der Waals surface area (Å²) in [4.78, 5) is 17.6. The van der Waals surface area contributed by atoms with Crippen LogP contribution in [0.4, 0.5) is 5.69 Å². The number of hydrogen-bond donors (Lipinski definition) is 1. The third-order valence-electron chi connectivity index (χ3n) is 6.24. The molecule has 4 rings (SSSR count). The molecule has 2 heterocycles. The number of hydrogen-bond acceptors (Lipinski definition) is 6.